The molecule has 0 aliphatic carbocycles. The third kappa shape index (κ3) is 4.15. The van der Waals surface area contributed by atoms with E-state index in [0.29, 0.717) is 16.6 Å². The summed E-state index contributed by atoms with van der Waals surface area (Å²) in [6.45, 7) is 14.6. The van der Waals surface area contributed by atoms with Crippen LogP contribution in [0.1, 0.15) is 52.7 Å². The summed E-state index contributed by atoms with van der Waals surface area (Å²) in [6, 6.07) is 18.1. The standard InChI is InChI=1S/C27H33NOSi/c1-20(2)30(21(3)4,22(5)6)18-16-24-13-10-14-25-27(24)26(29)15-17-28(25)19-23-11-8-7-9-12-23/h7-15,17,20-22H,19H2,1-6H3. The van der Waals surface area contributed by atoms with E-state index in [4.69, 9.17) is 0 Å². The van der Waals surface area contributed by atoms with E-state index in [9.17, 15) is 4.79 Å². The van der Waals surface area contributed by atoms with Gasteiger partial charge in [0.15, 0.2) is 5.43 Å². The fraction of sp³-hybridized carbons (Fsp3) is 0.370. The molecule has 0 fully saturated rings. The van der Waals surface area contributed by atoms with Crippen molar-refractivity contribution >= 4 is 19.0 Å². The van der Waals surface area contributed by atoms with Crippen LogP contribution in [0.3, 0.4) is 0 Å². The Labute approximate surface area is 182 Å². The Morgan fingerprint density at radius 1 is 0.833 bits per heavy atom. The van der Waals surface area contributed by atoms with Gasteiger partial charge in [-0.1, -0.05) is 83.9 Å². The number of fused-ring (bicyclic) bond motifs is 1. The Balaban J connectivity index is 2.16. The molecule has 156 valence electrons. The zero-order chi connectivity index (χ0) is 21.9. The van der Waals surface area contributed by atoms with Crippen LogP contribution in [0.15, 0.2) is 65.6 Å². The lowest BCUT2D eigenvalue weighted by molar-refractivity contribution is 0.825. The number of hydrogen-bond donors (Lipinski definition) is 0. The van der Waals surface area contributed by atoms with Crippen molar-refractivity contribution < 1.29 is 0 Å². The van der Waals surface area contributed by atoms with E-state index in [0.717, 1.165) is 23.0 Å². The van der Waals surface area contributed by atoms with E-state index in [1.54, 1.807) is 6.07 Å². The highest BCUT2D eigenvalue weighted by Crippen LogP contribution is 2.40. The summed E-state index contributed by atoms with van der Waals surface area (Å²) >= 11 is 0. The predicted octanol–water partition coefficient (Wildman–Crippen LogP) is 6.62. The van der Waals surface area contributed by atoms with Gasteiger partial charge in [-0.15, -0.1) is 5.54 Å². The minimum Gasteiger partial charge on any atom is -0.343 e. The van der Waals surface area contributed by atoms with E-state index in [2.05, 4.69) is 69.7 Å². The van der Waals surface area contributed by atoms with Crippen molar-refractivity contribution in [2.45, 2.75) is 64.7 Å². The van der Waals surface area contributed by atoms with Crippen LogP contribution in [-0.4, -0.2) is 12.6 Å². The first-order chi connectivity index (χ1) is 14.3. The molecule has 3 heteroatoms. The van der Waals surface area contributed by atoms with E-state index in [1.807, 2.05) is 42.6 Å². The summed E-state index contributed by atoms with van der Waals surface area (Å²) in [5.41, 5.74) is 8.54. The van der Waals surface area contributed by atoms with Crippen molar-refractivity contribution in [2.24, 2.45) is 0 Å². The average Bonchev–Trinajstić information content (AvgIpc) is 2.70. The maximum absolute atomic E-state index is 12.9. The number of nitrogens with zero attached hydrogens (tertiary/aromatic N) is 1. The maximum atomic E-state index is 12.9. The molecule has 0 N–H and O–H groups in total. The largest absolute Gasteiger partial charge is 0.343 e. The number of aromatic nitrogens is 1. The average molecular weight is 416 g/mol. The molecule has 0 radical (unpaired) electrons. The van der Waals surface area contributed by atoms with Crippen LogP contribution in [0.25, 0.3) is 10.9 Å². The topological polar surface area (TPSA) is 22.0 Å². The van der Waals surface area contributed by atoms with Gasteiger partial charge in [0, 0.05) is 24.4 Å². The van der Waals surface area contributed by atoms with Gasteiger partial charge in [-0.3, -0.25) is 4.79 Å². The van der Waals surface area contributed by atoms with Crippen molar-refractivity contribution in [2.75, 3.05) is 0 Å². The zero-order valence-corrected chi connectivity index (χ0v) is 20.1. The Morgan fingerprint density at radius 3 is 2.07 bits per heavy atom. The Kier molecular flexibility index (Phi) is 6.68. The van der Waals surface area contributed by atoms with E-state index < -0.39 is 8.07 Å². The van der Waals surface area contributed by atoms with Gasteiger partial charge in [0.25, 0.3) is 0 Å². The SMILES string of the molecule is CC(C)[Si](C#Cc1cccc2c1c(=O)ccn2Cc1ccccc1)(C(C)C)C(C)C. The first-order valence-corrected chi connectivity index (χ1v) is 13.2. The summed E-state index contributed by atoms with van der Waals surface area (Å²) in [4.78, 5) is 12.9. The van der Waals surface area contributed by atoms with Crippen molar-refractivity contribution in [3.63, 3.8) is 0 Å². The van der Waals surface area contributed by atoms with Gasteiger partial charge in [0.05, 0.1) is 10.9 Å². The summed E-state index contributed by atoms with van der Waals surface area (Å²) in [7, 11) is -1.86. The molecule has 0 unspecified atom stereocenters. The zero-order valence-electron chi connectivity index (χ0n) is 19.1. The second-order valence-corrected chi connectivity index (χ2v) is 14.7. The maximum Gasteiger partial charge on any atom is 0.190 e. The molecule has 2 aromatic carbocycles. The van der Waals surface area contributed by atoms with Gasteiger partial charge in [0.1, 0.15) is 8.07 Å². The Hall–Kier alpha value is -2.57. The van der Waals surface area contributed by atoms with Crippen LogP contribution in [0.5, 0.6) is 0 Å². The summed E-state index contributed by atoms with van der Waals surface area (Å²) < 4.78 is 2.15. The Bertz CT molecular complexity index is 1110. The van der Waals surface area contributed by atoms with Crippen LogP contribution < -0.4 is 5.43 Å². The van der Waals surface area contributed by atoms with Crippen LogP contribution >= 0.6 is 0 Å². The highest BCUT2D eigenvalue weighted by Gasteiger charge is 2.41. The molecular formula is C27H33NOSi. The van der Waals surface area contributed by atoms with Crippen LogP contribution in [0.4, 0.5) is 0 Å². The van der Waals surface area contributed by atoms with Crippen molar-refractivity contribution in [1.29, 1.82) is 0 Å². The molecule has 0 saturated carbocycles. The highest BCUT2D eigenvalue weighted by molar-refractivity contribution is 6.90. The minimum atomic E-state index is -1.86. The molecule has 0 saturated heterocycles. The Morgan fingerprint density at radius 2 is 1.47 bits per heavy atom. The third-order valence-electron chi connectivity index (χ3n) is 6.48. The summed E-state index contributed by atoms with van der Waals surface area (Å²) in [6.07, 6.45) is 1.89. The molecule has 1 aromatic heterocycles. The molecule has 0 spiro atoms. The summed E-state index contributed by atoms with van der Waals surface area (Å²) in [5.74, 6) is 3.50. The predicted molar refractivity (Wildman–Crippen MR) is 132 cm³/mol. The first-order valence-electron chi connectivity index (χ1n) is 11.0. The minimum absolute atomic E-state index is 0.0464. The molecule has 0 aliphatic heterocycles. The van der Waals surface area contributed by atoms with Crippen LogP contribution in [-0.2, 0) is 6.54 Å². The van der Waals surface area contributed by atoms with E-state index >= 15 is 0 Å². The van der Waals surface area contributed by atoms with Crippen molar-refractivity contribution in [3.8, 4) is 11.5 Å². The molecule has 0 amide bonds. The number of pyridine rings is 1. The molecule has 3 aromatic rings. The molecule has 0 atom stereocenters. The normalized spacial score (nSPS) is 11.9. The highest BCUT2D eigenvalue weighted by atomic mass is 28.3. The lowest BCUT2D eigenvalue weighted by atomic mass is 10.1. The monoisotopic (exact) mass is 415 g/mol. The molecule has 0 bridgehead atoms. The fourth-order valence-electron chi connectivity index (χ4n) is 4.99. The molecule has 1 heterocycles. The van der Waals surface area contributed by atoms with Crippen LogP contribution in [0, 0.1) is 11.5 Å². The number of rotatable bonds is 5. The second kappa shape index (κ2) is 9.06. The van der Waals surface area contributed by atoms with Crippen molar-refractivity contribution in [1.82, 2.24) is 4.57 Å². The molecular weight excluding hydrogens is 382 g/mol. The fourth-order valence-corrected chi connectivity index (χ4v) is 10.2. The van der Waals surface area contributed by atoms with E-state index in [1.165, 1.54) is 5.56 Å². The lowest BCUT2D eigenvalue weighted by Crippen LogP contribution is -2.43. The summed E-state index contributed by atoms with van der Waals surface area (Å²) in [5, 5.41) is 0.739. The lowest BCUT2D eigenvalue weighted by Gasteiger charge is -2.38. The smallest absolute Gasteiger partial charge is 0.190 e. The molecule has 3 rings (SSSR count). The number of hydrogen-bond acceptors (Lipinski definition) is 1. The molecule has 0 aliphatic rings. The number of benzene rings is 2. The first kappa shape index (κ1) is 22.1. The van der Waals surface area contributed by atoms with Gasteiger partial charge in [0.2, 0.25) is 0 Å². The van der Waals surface area contributed by atoms with Crippen molar-refractivity contribution in [3.05, 3.63) is 82.1 Å². The molecule has 30 heavy (non-hydrogen) atoms. The van der Waals surface area contributed by atoms with Crippen LogP contribution in [0.2, 0.25) is 16.6 Å². The third-order valence-corrected chi connectivity index (χ3v) is 12.8. The van der Waals surface area contributed by atoms with Gasteiger partial charge in [-0.05, 0) is 34.3 Å². The second-order valence-electron chi connectivity index (χ2n) is 9.14. The van der Waals surface area contributed by atoms with Gasteiger partial charge < -0.3 is 4.57 Å². The van der Waals surface area contributed by atoms with Gasteiger partial charge >= 0.3 is 0 Å². The quantitative estimate of drug-likeness (QED) is 0.339. The molecule has 2 nitrogen and oxygen atoms in total. The van der Waals surface area contributed by atoms with E-state index in [-0.39, 0.29) is 5.43 Å². The van der Waals surface area contributed by atoms with Gasteiger partial charge in [-0.25, -0.2) is 0 Å². The van der Waals surface area contributed by atoms with Gasteiger partial charge in [-0.2, -0.15) is 0 Å².